The molecule has 1 fully saturated rings. The summed E-state index contributed by atoms with van der Waals surface area (Å²) in [5.41, 5.74) is 3.88. The first kappa shape index (κ1) is 20.7. The molecule has 2 aromatic heterocycles. The van der Waals surface area contributed by atoms with Crippen molar-refractivity contribution in [1.29, 1.82) is 0 Å². The van der Waals surface area contributed by atoms with Crippen molar-refractivity contribution in [1.82, 2.24) is 19.9 Å². The lowest BCUT2D eigenvalue weighted by atomic mass is 10.1. The zero-order valence-corrected chi connectivity index (χ0v) is 18.0. The van der Waals surface area contributed by atoms with Crippen molar-refractivity contribution in [3.63, 3.8) is 0 Å². The highest BCUT2D eigenvalue weighted by molar-refractivity contribution is 6.03. The van der Waals surface area contributed by atoms with Gasteiger partial charge in [0.05, 0.1) is 19.4 Å². The molecule has 0 unspecified atom stereocenters. The van der Waals surface area contributed by atoms with E-state index < -0.39 is 0 Å². The third kappa shape index (κ3) is 4.80. The van der Waals surface area contributed by atoms with Crippen molar-refractivity contribution < 1.29 is 13.9 Å². The molecular weight excluding hydrogens is 398 g/mol. The Morgan fingerprint density at radius 3 is 2.45 bits per heavy atom. The molecule has 0 aliphatic carbocycles. The van der Waals surface area contributed by atoms with Crippen molar-refractivity contribution >= 4 is 29.5 Å². The van der Waals surface area contributed by atoms with E-state index in [2.05, 4.69) is 30.6 Å². The van der Waals surface area contributed by atoms with Crippen molar-refractivity contribution in [2.24, 2.45) is 0 Å². The van der Waals surface area contributed by atoms with Gasteiger partial charge in [0.2, 0.25) is 17.7 Å². The van der Waals surface area contributed by atoms with Crippen LogP contribution in [0, 0.1) is 27.7 Å². The highest BCUT2D eigenvalue weighted by atomic mass is 16.5. The molecule has 0 saturated carbocycles. The van der Waals surface area contributed by atoms with Crippen LogP contribution in [0.15, 0.2) is 22.7 Å². The molecule has 2 N–H and O–H groups in total. The number of benzene rings is 1. The van der Waals surface area contributed by atoms with E-state index >= 15 is 0 Å². The van der Waals surface area contributed by atoms with E-state index in [0.717, 1.165) is 22.4 Å². The van der Waals surface area contributed by atoms with E-state index in [4.69, 9.17) is 9.15 Å². The van der Waals surface area contributed by atoms with Crippen LogP contribution in [0.3, 0.4) is 0 Å². The topological polar surface area (TPSA) is 118 Å². The van der Waals surface area contributed by atoms with E-state index in [1.807, 2.05) is 37.8 Å². The smallest absolute Gasteiger partial charge is 0.302 e. The summed E-state index contributed by atoms with van der Waals surface area (Å²) in [6.07, 6.45) is 1.37. The number of anilines is 4. The van der Waals surface area contributed by atoms with Gasteiger partial charge < -0.3 is 19.4 Å². The third-order valence-electron chi connectivity index (χ3n) is 4.89. The maximum atomic E-state index is 12.7. The third-order valence-corrected chi connectivity index (χ3v) is 4.89. The number of nitrogens with zero attached hydrogens (tertiary/aromatic N) is 5. The van der Waals surface area contributed by atoms with Crippen LogP contribution in [0.5, 0.6) is 0 Å². The fraction of sp³-hybridized carbons (Fsp3) is 0.381. The predicted octanol–water partition coefficient (Wildman–Crippen LogP) is 2.93. The Kier molecular flexibility index (Phi) is 5.81. The molecule has 1 amide bonds. The Morgan fingerprint density at radius 2 is 1.74 bits per heavy atom. The van der Waals surface area contributed by atoms with Gasteiger partial charge in [-0.25, -0.2) is 4.98 Å². The van der Waals surface area contributed by atoms with E-state index in [1.165, 1.54) is 6.20 Å². The largest absolute Gasteiger partial charge is 0.418 e. The SMILES string of the molecule is Cc1cc(C)c(NC(=O)c2cnc(Nc3nc(C)nc(N4CCOCC4)n3)o2)c(C)c1. The van der Waals surface area contributed by atoms with Crippen LogP contribution in [-0.4, -0.2) is 52.1 Å². The summed E-state index contributed by atoms with van der Waals surface area (Å²) in [6, 6.07) is 4.16. The van der Waals surface area contributed by atoms with Crippen LogP contribution in [0.25, 0.3) is 0 Å². The van der Waals surface area contributed by atoms with Gasteiger partial charge in [-0.2, -0.15) is 15.0 Å². The van der Waals surface area contributed by atoms with E-state index in [-0.39, 0.29) is 17.7 Å². The molecule has 10 nitrogen and oxygen atoms in total. The van der Waals surface area contributed by atoms with E-state index in [0.29, 0.717) is 44.0 Å². The molecule has 0 radical (unpaired) electrons. The molecule has 4 rings (SSSR count). The lowest BCUT2D eigenvalue weighted by Gasteiger charge is -2.26. The van der Waals surface area contributed by atoms with Crippen molar-refractivity contribution in [3.05, 3.63) is 46.6 Å². The first-order valence-electron chi connectivity index (χ1n) is 10.1. The number of nitrogens with one attached hydrogen (secondary N) is 2. The zero-order chi connectivity index (χ0) is 22.0. The molecule has 31 heavy (non-hydrogen) atoms. The summed E-state index contributed by atoms with van der Waals surface area (Å²) in [7, 11) is 0. The summed E-state index contributed by atoms with van der Waals surface area (Å²) < 4.78 is 11.0. The lowest BCUT2D eigenvalue weighted by molar-refractivity contribution is 0.0997. The summed E-state index contributed by atoms with van der Waals surface area (Å²) in [4.78, 5) is 31.9. The number of aryl methyl sites for hydroxylation is 4. The molecule has 3 heterocycles. The van der Waals surface area contributed by atoms with E-state index in [1.54, 1.807) is 6.92 Å². The molecule has 10 heteroatoms. The molecule has 0 spiro atoms. The number of ether oxygens (including phenoxy) is 1. The average molecular weight is 423 g/mol. The minimum Gasteiger partial charge on any atom is -0.418 e. The van der Waals surface area contributed by atoms with Crippen molar-refractivity contribution in [3.8, 4) is 0 Å². The molecule has 0 bridgehead atoms. The van der Waals surface area contributed by atoms with Crippen LogP contribution in [0.1, 0.15) is 33.1 Å². The second kappa shape index (κ2) is 8.68. The zero-order valence-electron chi connectivity index (χ0n) is 18.0. The number of oxazole rings is 1. The number of carbonyl (C=O) groups excluding carboxylic acids is 1. The maximum Gasteiger partial charge on any atom is 0.302 e. The predicted molar refractivity (Wildman–Crippen MR) is 116 cm³/mol. The highest BCUT2D eigenvalue weighted by Gasteiger charge is 2.18. The molecule has 1 aromatic carbocycles. The lowest BCUT2D eigenvalue weighted by Crippen LogP contribution is -2.37. The van der Waals surface area contributed by atoms with Crippen LogP contribution in [-0.2, 0) is 4.74 Å². The molecular formula is C21H25N7O3. The van der Waals surface area contributed by atoms with Gasteiger partial charge in [0, 0.05) is 18.8 Å². The summed E-state index contributed by atoms with van der Waals surface area (Å²) >= 11 is 0. The molecule has 3 aromatic rings. The van der Waals surface area contributed by atoms with Gasteiger partial charge in [-0.15, -0.1) is 0 Å². The van der Waals surface area contributed by atoms with Crippen LogP contribution in [0.4, 0.5) is 23.6 Å². The number of morpholine rings is 1. The minimum absolute atomic E-state index is 0.0843. The molecule has 1 saturated heterocycles. The van der Waals surface area contributed by atoms with Crippen LogP contribution >= 0.6 is 0 Å². The Bertz CT molecular complexity index is 1080. The van der Waals surface area contributed by atoms with E-state index in [9.17, 15) is 4.79 Å². The molecule has 1 aliphatic heterocycles. The van der Waals surface area contributed by atoms with Gasteiger partial charge >= 0.3 is 6.01 Å². The standard InChI is InChI=1S/C21H25N7O3/c1-12-9-13(2)17(14(3)10-12)25-18(29)16-11-22-21(31-16)27-19-23-15(4)24-20(26-19)28-5-7-30-8-6-28/h9-11H,5-8H2,1-4H3,(H,25,29)(H,22,23,24,26,27). The van der Waals surface area contributed by atoms with Gasteiger partial charge in [-0.05, 0) is 38.8 Å². The second-order valence-corrected chi connectivity index (χ2v) is 7.49. The molecule has 1 aliphatic rings. The summed E-state index contributed by atoms with van der Waals surface area (Å²) in [5.74, 6) is 1.13. The number of amides is 1. The van der Waals surface area contributed by atoms with Crippen molar-refractivity contribution in [2.75, 3.05) is 41.8 Å². The van der Waals surface area contributed by atoms with Gasteiger partial charge in [0.25, 0.3) is 5.91 Å². The van der Waals surface area contributed by atoms with Crippen molar-refractivity contribution in [2.45, 2.75) is 27.7 Å². The number of hydrogen-bond acceptors (Lipinski definition) is 9. The Hall–Kier alpha value is -3.53. The number of carbonyl (C=O) groups is 1. The average Bonchev–Trinajstić information content (AvgIpc) is 3.19. The molecule has 162 valence electrons. The summed E-state index contributed by atoms with van der Waals surface area (Å²) in [5, 5.41) is 5.82. The quantitative estimate of drug-likeness (QED) is 0.638. The van der Waals surface area contributed by atoms with Crippen LogP contribution in [0.2, 0.25) is 0 Å². The maximum absolute atomic E-state index is 12.7. The number of rotatable bonds is 5. The normalized spacial score (nSPS) is 13.9. The van der Waals surface area contributed by atoms with Gasteiger partial charge in [0.15, 0.2) is 0 Å². The highest BCUT2D eigenvalue weighted by Crippen LogP contribution is 2.23. The monoisotopic (exact) mass is 423 g/mol. The number of aromatic nitrogens is 4. The second-order valence-electron chi connectivity index (χ2n) is 7.49. The Morgan fingerprint density at radius 1 is 1.03 bits per heavy atom. The fourth-order valence-corrected chi connectivity index (χ4v) is 3.51. The van der Waals surface area contributed by atoms with Gasteiger partial charge in [-0.3, -0.25) is 10.1 Å². The van der Waals surface area contributed by atoms with Gasteiger partial charge in [0.1, 0.15) is 5.82 Å². The Labute approximate surface area is 180 Å². The first-order valence-corrected chi connectivity index (χ1v) is 10.1. The first-order chi connectivity index (χ1) is 14.9. The van der Waals surface area contributed by atoms with Crippen LogP contribution < -0.4 is 15.5 Å². The number of hydrogen-bond donors (Lipinski definition) is 2. The molecule has 0 atom stereocenters. The fourth-order valence-electron chi connectivity index (χ4n) is 3.51. The van der Waals surface area contributed by atoms with Gasteiger partial charge in [-0.1, -0.05) is 17.7 Å². The minimum atomic E-state index is -0.378. The Balaban J connectivity index is 1.48. The summed E-state index contributed by atoms with van der Waals surface area (Å²) in [6.45, 7) is 10.4.